The molecule has 3 heterocycles. The zero-order valence-electron chi connectivity index (χ0n) is 18.8. The first-order valence-electron chi connectivity index (χ1n) is 10.5. The van der Waals surface area contributed by atoms with Crippen molar-refractivity contribution < 1.29 is 45.7 Å². The van der Waals surface area contributed by atoms with Crippen molar-refractivity contribution in [1.82, 2.24) is 17.5 Å². The molecule has 0 bridgehead atoms. The number of nitrogens with zero attached hydrogens (tertiary/aromatic N) is 4. The normalized spacial score (nSPS) is 15.6. The second-order valence-electron chi connectivity index (χ2n) is 6.93. The van der Waals surface area contributed by atoms with Crippen LogP contribution in [0.15, 0.2) is 6.08 Å². The first-order chi connectivity index (χ1) is 15.8. The van der Waals surface area contributed by atoms with Crippen molar-refractivity contribution in [3.63, 3.8) is 0 Å². The molecule has 0 fully saturated rings. The number of quaternary nitrogens is 1. The van der Waals surface area contributed by atoms with E-state index in [4.69, 9.17) is 28.4 Å². The fourth-order valence-electron chi connectivity index (χ4n) is 2.95. The molecule has 1 aliphatic rings. The van der Waals surface area contributed by atoms with E-state index in [1.165, 1.54) is 29.3 Å². The molecule has 0 aromatic carbocycles. The predicted octanol–water partition coefficient (Wildman–Crippen LogP) is -2.79. The minimum Gasteiger partial charge on any atom is -1.00 e. The Bertz CT molecular complexity index is 824. The first-order valence-corrected chi connectivity index (χ1v) is 11.9. The molecule has 0 amide bonds. The van der Waals surface area contributed by atoms with Crippen molar-refractivity contribution >= 4 is 29.0 Å². The molecule has 0 aliphatic carbocycles. The van der Waals surface area contributed by atoms with E-state index < -0.39 is 0 Å². The molecule has 14 heteroatoms. The third kappa shape index (κ3) is 9.65. The Morgan fingerprint density at radius 2 is 1.33 bits per heavy atom. The Labute approximate surface area is 208 Å². The Kier molecular flexibility index (Phi) is 13.5. The minimum absolute atomic E-state index is 0. The van der Waals surface area contributed by atoms with Crippen LogP contribution in [0.1, 0.15) is 12.1 Å². The van der Waals surface area contributed by atoms with Crippen LogP contribution in [-0.2, 0) is 14.2 Å². The molecule has 0 saturated heterocycles. The van der Waals surface area contributed by atoms with E-state index >= 15 is 0 Å². The SMILES string of the molecule is COc1nsnc1OCCOCCOCCOCCOc1nsnc1C1=CCC[NH+](C)C1.[Cl-]. The van der Waals surface area contributed by atoms with Gasteiger partial charge in [0.15, 0.2) is 0 Å². The third-order valence-corrected chi connectivity index (χ3v) is 5.52. The van der Waals surface area contributed by atoms with Gasteiger partial charge in [-0.1, -0.05) is 6.08 Å². The van der Waals surface area contributed by atoms with Crippen molar-refractivity contribution in [2.24, 2.45) is 0 Å². The molecule has 2 aromatic rings. The first kappa shape index (κ1) is 27.6. The van der Waals surface area contributed by atoms with E-state index in [2.05, 4.69) is 30.6 Å². The fourth-order valence-corrected chi connectivity index (χ4v) is 3.96. The summed E-state index contributed by atoms with van der Waals surface area (Å²) in [6.45, 7) is 5.74. The van der Waals surface area contributed by atoms with Crippen LogP contribution in [-0.4, -0.2) is 97.6 Å². The van der Waals surface area contributed by atoms with Gasteiger partial charge in [-0.25, -0.2) is 0 Å². The van der Waals surface area contributed by atoms with Crippen molar-refractivity contribution in [3.8, 4) is 17.6 Å². The van der Waals surface area contributed by atoms with Crippen molar-refractivity contribution in [2.45, 2.75) is 6.42 Å². The second-order valence-corrected chi connectivity index (χ2v) is 7.99. The largest absolute Gasteiger partial charge is 1.00 e. The van der Waals surface area contributed by atoms with Crippen molar-refractivity contribution in [3.05, 3.63) is 11.8 Å². The number of methoxy groups -OCH3 is 1. The van der Waals surface area contributed by atoms with Gasteiger partial charge in [-0.05, 0) is 0 Å². The third-order valence-electron chi connectivity index (χ3n) is 4.52. The van der Waals surface area contributed by atoms with E-state index in [1.54, 1.807) is 0 Å². The van der Waals surface area contributed by atoms with Gasteiger partial charge in [-0.3, -0.25) is 0 Å². The quantitative estimate of drug-likeness (QED) is 0.232. The predicted molar refractivity (Wildman–Crippen MR) is 119 cm³/mol. The molecule has 3 rings (SSSR count). The van der Waals surface area contributed by atoms with Crippen LogP contribution in [0.2, 0.25) is 0 Å². The molecular formula is C19H30ClN5O6S2. The number of rotatable bonds is 16. The summed E-state index contributed by atoms with van der Waals surface area (Å²) < 4.78 is 49.3. The van der Waals surface area contributed by atoms with Gasteiger partial charge in [0, 0.05) is 12.0 Å². The van der Waals surface area contributed by atoms with E-state index in [1.807, 2.05) is 0 Å². The number of likely N-dealkylation sites (N-methyl/N-ethyl adjacent to an activating group) is 1. The van der Waals surface area contributed by atoms with Crippen molar-refractivity contribution in [2.75, 3.05) is 80.1 Å². The number of ether oxygens (including phenoxy) is 6. The summed E-state index contributed by atoms with van der Waals surface area (Å²) in [5.74, 6) is 1.38. The highest BCUT2D eigenvalue weighted by atomic mass is 35.5. The molecule has 33 heavy (non-hydrogen) atoms. The molecule has 186 valence electrons. The molecule has 1 aliphatic heterocycles. The summed E-state index contributed by atoms with van der Waals surface area (Å²) in [7, 11) is 3.71. The van der Waals surface area contributed by atoms with Crippen molar-refractivity contribution in [1.29, 1.82) is 0 Å². The Morgan fingerprint density at radius 1 is 0.788 bits per heavy atom. The summed E-state index contributed by atoms with van der Waals surface area (Å²) in [5.41, 5.74) is 2.07. The van der Waals surface area contributed by atoms with Crippen LogP contribution >= 0.6 is 23.5 Å². The zero-order chi connectivity index (χ0) is 22.4. The fraction of sp³-hybridized carbons (Fsp3) is 0.684. The summed E-state index contributed by atoms with van der Waals surface area (Å²) in [4.78, 5) is 1.47. The van der Waals surface area contributed by atoms with E-state index in [0.29, 0.717) is 70.5 Å². The smallest absolute Gasteiger partial charge is 0.291 e. The molecule has 1 unspecified atom stereocenters. The number of aromatic nitrogens is 4. The Morgan fingerprint density at radius 3 is 1.97 bits per heavy atom. The highest BCUT2D eigenvalue weighted by Crippen LogP contribution is 2.24. The van der Waals surface area contributed by atoms with Crippen LogP contribution in [0, 0.1) is 0 Å². The maximum absolute atomic E-state index is 5.76. The van der Waals surface area contributed by atoms with Gasteiger partial charge in [0.1, 0.15) is 25.5 Å². The average molecular weight is 524 g/mol. The molecule has 0 saturated carbocycles. The van der Waals surface area contributed by atoms with E-state index in [-0.39, 0.29) is 12.4 Å². The zero-order valence-corrected chi connectivity index (χ0v) is 21.2. The lowest BCUT2D eigenvalue weighted by atomic mass is 10.1. The molecule has 11 nitrogen and oxygen atoms in total. The van der Waals surface area contributed by atoms with Crippen LogP contribution in [0.4, 0.5) is 0 Å². The molecule has 0 spiro atoms. The standard InChI is InChI=1S/C19H29N5O6S2.ClH/c1-24-5-3-4-15(14-24)16-17(21-31-20-16)29-12-10-27-8-6-26-7-9-28-11-13-30-19-18(25-2)22-32-23-19;/h4H,3,5-14H2,1-2H3;1H. The topological polar surface area (TPSA) is 111 Å². The number of hydrogen-bond donors (Lipinski definition) is 1. The van der Waals surface area contributed by atoms with Gasteiger partial charge in [0.25, 0.3) is 17.6 Å². The highest BCUT2D eigenvalue weighted by molar-refractivity contribution is 6.99. The van der Waals surface area contributed by atoms with Crippen LogP contribution in [0.25, 0.3) is 5.57 Å². The van der Waals surface area contributed by atoms with Crippen LogP contribution in [0.5, 0.6) is 17.6 Å². The van der Waals surface area contributed by atoms with Gasteiger partial charge < -0.3 is 45.7 Å². The lowest BCUT2D eigenvalue weighted by molar-refractivity contribution is -0.872. The Hall–Kier alpha value is -1.61. The molecule has 0 radical (unpaired) electrons. The molecule has 1 atom stereocenters. The lowest BCUT2D eigenvalue weighted by Crippen LogP contribution is -3.09. The average Bonchev–Trinajstić information content (AvgIpc) is 3.46. The van der Waals surface area contributed by atoms with Gasteiger partial charge >= 0.3 is 0 Å². The maximum Gasteiger partial charge on any atom is 0.291 e. The van der Waals surface area contributed by atoms with Gasteiger partial charge in [0.2, 0.25) is 0 Å². The van der Waals surface area contributed by atoms with Crippen LogP contribution in [0.3, 0.4) is 0 Å². The lowest BCUT2D eigenvalue weighted by Gasteiger charge is -2.19. The summed E-state index contributed by atoms with van der Waals surface area (Å²) in [6, 6.07) is 0. The minimum atomic E-state index is 0. The van der Waals surface area contributed by atoms with Gasteiger partial charge in [0.05, 0.1) is 83.8 Å². The van der Waals surface area contributed by atoms with Gasteiger partial charge in [-0.15, -0.1) is 13.1 Å². The second kappa shape index (κ2) is 16.1. The Balaban J connectivity index is 0.00000385. The maximum atomic E-state index is 5.76. The van der Waals surface area contributed by atoms with E-state index in [0.717, 1.165) is 36.9 Å². The molecule has 1 N–H and O–H groups in total. The summed E-state index contributed by atoms with van der Waals surface area (Å²) in [5, 5.41) is 0. The van der Waals surface area contributed by atoms with E-state index in [9.17, 15) is 0 Å². The molecule has 2 aromatic heterocycles. The highest BCUT2D eigenvalue weighted by Gasteiger charge is 2.20. The van der Waals surface area contributed by atoms with Crippen LogP contribution < -0.4 is 31.5 Å². The monoisotopic (exact) mass is 523 g/mol. The molecular weight excluding hydrogens is 494 g/mol. The number of hydrogen-bond acceptors (Lipinski definition) is 12. The number of halogens is 1. The van der Waals surface area contributed by atoms with Gasteiger partial charge in [-0.2, -0.15) is 4.37 Å². The summed E-state index contributed by atoms with van der Waals surface area (Å²) >= 11 is 2.22. The summed E-state index contributed by atoms with van der Waals surface area (Å²) in [6.07, 6.45) is 3.29. The number of nitrogens with one attached hydrogen (secondary N) is 1.